The Hall–Kier alpha value is -3.92. The lowest BCUT2D eigenvalue weighted by atomic mass is 9.97. The van der Waals surface area contributed by atoms with Gasteiger partial charge in [-0.05, 0) is 41.5 Å². The highest BCUT2D eigenvalue weighted by Gasteiger charge is 2.37. The van der Waals surface area contributed by atoms with Gasteiger partial charge in [0.25, 0.3) is 5.91 Å². The van der Waals surface area contributed by atoms with Crippen molar-refractivity contribution < 1.29 is 19.0 Å². The number of hydrazone groups is 1. The molecule has 0 spiro atoms. The molecule has 0 saturated heterocycles. The van der Waals surface area contributed by atoms with Gasteiger partial charge in [-0.1, -0.05) is 36.4 Å². The molecule has 0 saturated carbocycles. The number of carbonyl (C=O) groups is 1. The van der Waals surface area contributed by atoms with E-state index in [4.69, 9.17) is 10.5 Å². The number of benzene rings is 2. The van der Waals surface area contributed by atoms with Crippen molar-refractivity contribution in [3.63, 3.8) is 0 Å². The number of ether oxygens (including phenoxy) is 1. The number of hydrogen-bond acceptors (Lipinski definition) is 7. The minimum Gasteiger partial charge on any atom is -0.507 e. The van der Waals surface area contributed by atoms with Crippen molar-refractivity contribution in [3.8, 4) is 16.2 Å². The van der Waals surface area contributed by atoms with Crippen molar-refractivity contribution in [2.75, 3.05) is 13.2 Å². The van der Waals surface area contributed by atoms with Crippen molar-refractivity contribution in [3.05, 3.63) is 107 Å². The van der Waals surface area contributed by atoms with Gasteiger partial charge < -0.3 is 15.6 Å². The summed E-state index contributed by atoms with van der Waals surface area (Å²) in [6.07, 6.45) is 3.54. The molecule has 2 aromatic heterocycles. The maximum absolute atomic E-state index is 14.9. The van der Waals surface area contributed by atoms with E-state index in [1.165, 1.54) is 34.5 Å². The number of carbonyl (C=O) groups excluding carboxylic acids is 1. The Labute approximate surface area is 217 Å². The van der Waals surface area contributed by atoms with Crippen LogP contribution in [0.1, 0.15) is 38.8 Å². The Morgan fingerprint density at radius 3 is 2.78 bits per heavy atom. The molecule has 7 nitrogen and oxygen atoms in total. The first-order chi connectivity index (χ1) is 18.1. The Kier molecular flexibility index (Phi) is 7.36. The van der Waals surface area contributed by atoms with Crippen LogP contribution >= 0.6 is 11.3 Å². The van der Waals surface area contributed by atoms with E-state index in [1.807, 2.05) is 36.4 Å². The monoisotopic (exact) mass is 516 g/mol. The van der Waals surface area contributed by atoms with Crippen LogP contribution in [0.3, 0.4) is 0 Å². The van der Waals surface area contributed by atoms with Crippen LogP contribution in [-0.2, 0) is 11.3 Å². The molecular formula is C28H25FN4O3S. The minimum absolute atomic E-state index is 0.0395. The van der Waals surface area contributed by atoms with E-state index in [0.717, 1.165) is 21.6 Å². The molecule has 3 N–H and O–H groups in total. The fourth-order valence-corrected chi connectivity index (χ4v) is 5.35. The molecular weight excluding hydrogens is 491 g/mol. The summed E-state index contributed by atoms with van der Waals surface area (Å²) < 4.78 is 20.5. The fourth-order valence-electron chi connectivity index (χ4n) is 4.35. The van der Waals surface area contributed by atoms with E-state index in [1.54, 1.807) is 24.5 Å². The number of nitrogens with two attached hydrogens (primary N) is 1. The number of amides is 1. The van der Waals surface area contributed by atoms with Gasteiger partial charge in [0.1, 0.15) is 11.6 Å². The van der Waals surface area contributed by atoms with E-state index in [2.05, 4.69) is 10.1 Å². The van der Waals surface area contributed by atoms with Gasteiger partial charge in [-0.2, -0.15) is 5.10 Å². The number of nitrogens with zero attached hydrogens (tertiary/aromatic N) is 3. The van der Waals surface area contributed by atoms with Gasteiger partial charge in [0.05, 0.1) is 35.4 Å². The Morgan fingerprint density at radius 1 is 1.14 bits per heavy atom. The highest BCUT2D eigenvalue weighted by atomic mass is 32.1. The van der Waals surface area contributed by atoms with E-state index in [-0.39, 0.29) is 23.6 Å². The number of thiophene rings is 1. The van der Waals surface area contributed by atoms with Gasteiger partial charge in [0.15, 0.2) is 0 Å². The van der Waals surface area contributed by atoms with Crippen molar-refractivity contribution in [2.45, 2.75) is 19.1 Å². The molecule has 1 unspecified atom stereocenters. The van der Waals surface area contributed by atoms with Crippen LogP contribution in [-0.4, -0.2) is 39.9 Å². The highest BCUT2D eigenvalue weighted by molar-refractivity contribution is 7.17. The van der Waals surface area contributed by atoms with Gasteiger partial charge in [-0.3, -0.25) is 9.78 Å². The van der Waals surface area contributed by atoms with Crippen LogP contribution in [0, 0.1) is 5.82 Å². The van der Waals surface area contributed by atoms with Gasteiger partial charge in [0, 0.05) is 35.8 Å². The molecule has 1 amide bonds. The molecule has 1 aliphatic rings. The summed E-state index contributed by atoms with van der Waals surface area (Å²) in [6.45, 7) is 1.31. The summed E-state index contributed by atoms with van der Waals surface area (Å²) >= 11 is 1.33. The number of phenols is 1. The molecule has 5 rings (SSSR count). The summed E-state index contributed by atoms with van der Waals surface area (Å²) in [5.41, 5.74) is 8.86. The fraction of sp³-hybridized carbons (Fsp3) is 0.179. The smallest absolute Gasteiger partial charge is 0.284 e. The van der Waals surface area contributed by atoms with Crippen LogP contribution in [0.5, 0.6) is 5.75 Å². The molecule has 3 heterocycles. The first-order valence-electron chi connectivity index (χ1n) is 11.8. The number of rotatable bonds is 8. The van der Waals surface area contributed by atoms with Crippen LogP contribution in [0.25, 0.3) is 10.4 Å². The van der Waals surface area contributed by atoms with Crippen molar-refractivity contribution in [1.82, 2.24) is 9.99 Å². The predicted octanol–water partition coefficient (Wildman–Crippen LogP) is 5.12. The van der Waals surface area contributed by atoms with Crippen LogP contribution < -0.4 is 5.73 Å². The SMILES string of the molecule is NCCOCc1ccccc1-c1ccc(C(=O)N2N=C(c3cccnc3)CC2c2c(O)cccc2F)s1. The van der Waals surface area contributed by atoms with E-state index in [0.29, 0.717) is 30.3 Å². The topological polar surface area (TPSA) is 101 Å². The Balaban J connectivity index is 1.49. The lowest BCUT2D eigenvalue weighted by Gasteiger charge is -2.22. The highest BCUT2D eigenvalue weighted by Crippen LogP contribution is 2.40. The summed E-state index contributed by atoms with van der Waals surface area (Å²) in [5.74, 6) is -1.19. The first kappa shape index (κ1) is 24.8. The maximum atomic E-state index is 14.9. The van der Waals surface area contributed by atoms with Crippen molar-refractivity contribution >= 4 is 23.0 Å². The van der Waals surface area contributed by atoms with Crippen LogP contribution in [0.4, 0.5) is 4.39 Å². The third-order valence-electron chi connectivity index (χ3n) is 6.10. The number of pyridine rings is 1. The number of phenolic OH excluding ortho intramolecular Hbond substituents is 1. The van der Waals surface area contributed by atoms with E-state index >= 15 is 0 Å². The molecule has 0 fully saturated rings. The van der Waals surface area contributed by atoms with Crippen molar-refractivity contribution in [1.29, 1.82) is 0 Å². The van der Waals surface area contributed by atoms with Crippen LogP contribution in [0.15, 0.2) is 84.2 Å². The Bertz CT molecular complexity index is 1420. The predicted molar refractivity (Wildman–Crippen MR) is 141 cm³/mol. The van der Waals surface area contributed by atoms with Crippen LogP contribution in [0.2, 0.25) is 0 Å². The normalized spacial score (nSPS) is 15.1. The zero-order chi connectivity index (χ0) is 25.8. The standard InChI is InChI=1S/C28H25FN4O3S/c29-21-8-3-9-24(34)27(21)23-15-22(18-6-4-13-31-16-18)32-33(23)28(35)26-11-10-25(37-26)20-7-2-1-5-19(20)17-36-14-12-30/h1-11,13,16,23,34H,12,14-15,17,30H2. The lowest BCUT2D eigenvalue weighted by Crippen LogP contribution is -2.27. The van der Waals surface area contributed by atoms with Gasteiger partial charge in [-0.15, -0.1) is 11.3 Å². The zero-order valence-electron chi connectivity index (χ0n) is 19.9. The second-order valence-corrected chi connectivity index (χ2v) is 9.58. The molecule has 2 aromatic carbocycles. The van der Waals surface area contributed by atoms with Gasteiger partial charge in [-0.25, -0.2) is 9.40 Å². The third kappa shape index (κ3) is 5.15. The number of halogens is 1. The average molecular weight is 517 g/mol. The first-order valence-corrected chi connectivity index (χ1v) is 12.6. The molecule has 1 aliphatic heterocycles. The van der Waals surface area contributed by atoms with E-state index in [9.17, 15) is 14.3 Å². The maximum Gasteiger partial charge on any atom is 0.284 e. The summed E-state index contributed by atoms with van der Waals surface area (Å²) in [5, 5.41) is 16.3. The second kappa shape index (κ2) is 11.0. The van der Waals surface area contributed by atoms with Gasteiger partial charge in [0.2, 0.25) is 0 Å². The van der Waals surface area contributed by atoms with Gasteiger partial charge >= 0.3 is 0 Å². The molecule has 37 heavy (non-hydrogen) atoms. The zero-order valence-corrected chi connectivity index (χ0v) is 20.7. The number of hydrogen-bond donors (Lipinski definition) is 2. The summed E-state index contributed by atoms with van der Waals surface area (Å²) in [6, 6.07) is 18.4. The molecule has 188 valence electrons. The average Bonchev–Trinajstić information content (AvgIpc) is 3.58. The molecule has 4 aromatic rings. The number of aromatic hydroxyl groups is 1. The molecule has 0 aliphatic carbocycles. The largest absolute Gasteiger partial charge is 0.507 e. The quantitative estimate of drug-likeness (QED) is 0.317. The summed E-state index contributed by atoms with van der Waals surface area (Å²) in [7, 11) is 0. The van der Waals surface area contributed by atoms with E-state index < -0.39 is 11.9 Å². The second-order valence-electron chi connectivity index (χ2n) is 8.49. The molecule has 0 bridgehead atoms. The van der Waals surface area contributed by atoms with Crippen molar-refractivity contribution in [2.24, 2.45) is 10.8 Å². The molecule has 0 radical (unpaired) electrons. The third-order valence-corrected chi connectivity index (χ3v) is 7.20. The molecule has 1 atom stereocenters. The molecule has 9 heteroatoms. The lowest BCUT2D eigenvalue weighted by molar-refractivity contribution is 0.0712. The summed E-state index contributed by atoms with van der Waals surface area (Å²) in [4.78, 5) is 19.2. The Morgan fingerprint density at radius 2 is 2.00 bits per heavy atom. The number of aromatic nitrogens is 1. The minimum atomic E-state index is -0.800.